The summed E-state index contributed by atoms with van der Waals surface area (Å²) in [5.74, 6) is 0.338. The second kappa shape index (κ2) is 4.54. The van der Waals surface area contributed by atoms with Crippen molar-refractivity contribution in [3.63, 3.8) is 0 Å². The van der Waals surface area contributed by atoms with Crippen LogP contribution in [0.3, 0.4) is 0 Å². The average Bonchev–Trinajstić information content (AvgIpc) is 2.71. The SMILES string of the molecule is COc1ncncc1C1C[C@@H](O)CN1C(=O)O. The third-order valence-corrected chi connectivity index (χ3v) is 2.78. The number of aliphatic hydroxyl groups is 1. The number of amides is 1. The van der Waals surface area contributed by atoms with Gasteiger partial charge in [-0.15, -0.1) is 0 Å². The molecule has 2 N–H and O–H groups in total. The van der Waals surface area contributed by atoms with Crippen LogP contribution in [0, 0.1) is 0 Å². The fourth-order valence-electron chi connectivity index (χ4n) is 2.05. The number of carbonyl (C=O) groups is 1. The summed E-state index contributed by atoms with van der Waals surface area (Å²) in [5, 5.41) is 18.6. The maximum atomic E-state index is 11.1. The summed E-state index contributed by atoms with van der Waals surface area (Å²) >= 11 is 0. The fourth-order valence-corrected chi connectivity index (χ4v) is 2.05. The van der Waals surface area contributed by atoms with E-state index in [1.807, 2.05) is 0 Å². The Morgan fingerprint density at radius 2 is 2.41 bits per heavy atom. The molecule has 7 heteroatoms. The third-order valence-electron chi connectivity index (χ3n) is 2.78. The van der Waals surface area contributed by atoms with Gasteiger partial charge in [-0.1, -0.05) is 0 Å². The molecule has 1 aliphatic rings. The zero-order chi connectivity index (χ0) is 12.4. The maximum absolute atomic E-state index is 11.1. The molecule has 17 heavy (non-hydrogen) atoms. The minimum Gasteiger partial charge on any atom is -0.481 e. The third kappa shape index (κ3) is 2.14. The van der Waals surface area contributed by atoms with Crippen molar-refractivity contribution in [1.82, 2.24) is 14.9 Å². The van der Waals surface area contributed by atoms with Gasteiger partial charge in [0, 0.05) is 12.6 Å². The van der Waals surface area contributed by atoms with Crippen LogP contribution in [0.5, 0.6) is 5.88 Å². The Labute approximate surface area is 97.7 Å². The number of ether oxygens (including phenoxy) is 1. The van der Waals surface area contributed by atoms with Crippen molar-refractivity contribution in [2.45, 2.75) is 18.6 Å². The first-order chi connectivity index (χ1) is 8.13. The summed E-state index contributed by atoms with van der Waals surface area (Å²) in [7, 11) is 1.46. The minimum absolute atomic E-state index is 0.0953. The van der Waals surface area contributed by atoms with Gasteiger partial charge in [0.15, 0.2) is 0 Å². The Kier molecular flexibility index (Phi) is 3.10. The fraction of sp³-hybridized carbons (Fsp3) is 0.500. The van der Waals surface area contributed by atoms with Crippen LogP contribution in [0.2, 0.25) is 0 Å². The molecule has 2 rings (SSSR count). The van der Waals surface area contributed by atoms with E-state index < -0.39 is 18.2 Å². The van der Waals surface area contributed by atoms with Crippen molar-refractivity contribution in [2.75, 3.05) is 13.7 Å². The van der Waals surface area contributed by atoms with Gasteiger partial charge in [-0.05, 0) is 0 Å². The predicted octanol–water partition coefficient (Wildman–Crippen LogP) is 0.271. The molecule has 0 spiro atoms. The lowest BCUT2D eigenvalue weighted by atomic mass is 10.1. The molecule has 2 heterocycles. The van der Waals surface area contributed by atoms with Crippen LogP contribution >= 0.6 is 0 Å². The van der Waals surface area contributed by atoms with E-state index in [0.29, 0.717) is 17.9 Å². The van der Waals surface area contributed by atoms with E-state index in [1.54, 1.807) is 0 Å². The van der Waals surface area contributed by atoms with Crippen molar-refractivity contribution in [3.8, 4) is 5.88 Å². The molecule has 2 atom stereocenters. The first kappa shape index (κ1) is 11.6. The van der Waals surface area contributed by atoms with Crippen LogP contribution in [0.25, 0.3) is 0 Å². The summed E-state index contributed by atoms with van der Waals surface area (Å²) in [5.41, 5.74) is 0.578. The van der Waals surface area contributed by atoms with Crippen LogP contribution in [0.15, 0.2) is 12.5 Å². The number of hydrogen-bond donors (Lipinski definition) is 2. The molecule has 0 saturated carbocycles. The molecule has 0 aromatic carbocycles. The predicted molar refractivity (Wildman–Crippen MR) is 56.7 cm³/mol. The van der Waals surface area contributed by atoms with Crippen molar-refractivity contribution >= 4 is 6.09 Å². The molecule has 1 fully saturated rings. The van der Waals surface area contributed by atoms with E-state index >= 15 is 0 Å². The first-order valence-corrected chi connectivity index (χ1v) is 5.15. The van der Waals surface area contributed by atoms with E-state index in [9.17, 15) is 9.90 Å². The van der Waals surface area contributed by atoms with Crippen LogP contribution in [-0.4, -0.2) is 50.9 Å². The summed E-state index contributed by atoms with van der Waals surface area (Å²) < 4.78 is 5.07. The Morgan fingerprint density at radius 1 is 1.65 bits per heavy atom. The summed E-state index contributed by atoms with van der Waals surface area (Å²) in [6, 6.07) is -0.460. The highest BCUT2D eigenvalue weighted by molar-refractivity contribution is 5.66. The number of nitrogens with zero attached hydrogens (tertiary/aromatic N) is 3. The molecular weight excluding hydrogens is 226 g/mol. The van der Waals surface area contributed by atoms with Gasteiger partial charge in [0.25, 0.3) is 0 Å². The van der Waals surface area contributed by atoms with E-state index in [2.05, 4.69) is 9.97 Å². The molecule has 0 bridgehead atoms. The monoisotopic (exact) mass is 239 g/mol. The summed E-state index contributed by atoms with van der Waals surface area (Å²) in [6.07, 6.45) is 1.44. The van der Waals surface area contributed by atoms with E-state index in [-0.39, 0.29) is 6.54 Å². The van der Waals surface area contributed by atoms with E-state index in [4.69, 9.17) is 9.84 Å². The lowest BCUT2D eigenvalue weighted by Gasteiger charge is -2.21. The Hall–Kier alpha value is -1.89. The normalized spacial score (nSPS) is 23.8. The van der Waals surface area contributed by atoms with Crippen molar-refractivity contribution in [1.29, 1.82) is 0 Å². The molecule has 92 valence electrons. The van der Waals surface area contributed by atoms with Gasteiger partial charge in [0.1, 0.15) is 6.33 Å². The lowest BCUT2D eigenvalue weighted by molar-refractivity contribution is 0.131. The van der Waals surface area contributed by atoms with Crippen LogP contribution in [-0.2, 0) is 0 Å². The Morgan fingerprint density at radius 3 is 3.06 bits per heavy atom. The van der Waals surface area contributed by atoms with Gasteiger partial charge in [-0.25, -0.2) is 14.8 Å². The number of methoxy groups -OCH3 is 1. The zero-order valence-corrected chi connectivity index (χ0v) is 9.28. The highest BCUT2D eigenvalue weighted by atomic mass is 16.5. The number of aliphatic hydroxyl groups excluding tert-OH is 1. The number of hydrogen-bond acceptors (Lipinski definition) is 5. The lowest BCUT2D eigenvalue weighted by Crippen LogP contribution is -2.30. The molecular formula is C10H13N3O4. The van der Waals surface area contributed by atoms with Gasteiger partial charge >= 0.3 is 6.09 Å². The molecule has 7 nitrogen and oxygen atoms in total. The maximum Gasteiger partial charge on any atom is 0.407 e. The number of rotatable bonds is 2. The number of aromatic nitrogens is 2. The molecule has 1 saturated heterocycles. The molecule has 1 amide bonds. The molecule has 1 aliphatic heterocycles. The summed E-state index contributed by atoms with van der Waals surface area (Å²) in [6.45, 7) is 0.0953. The Balaban J connectivity index is 2.34. The van der Waals surface area contributed by atoms with Crippen molar-refractivity contribution < 1.29 is 19.7 Å². The van der Waals surface area contributed by atoms with E-state index in [1.165, 1.54) is 24.5 Å². The van der Waals surface area contributed by atoms with Crippen molar-refractivity contribution in [3.05, 3.63) is 18.1 Å². The number of β-amino-alcohol motifs (C(OH)–C–C–N with tert-alkyl or cyclic N) is 1. The summed E-state index contributed by atoms with van der Waals surface area (Å²) in [4.78, 5) is 20.0. The van der Waals surface area contributed by atoms with Gasteiger partial charge < -0.3 is 14.9 Å². The second-order valence-electron chi connectivity index (χ2n) is 3.83. The van der Waals surface area contributed by atoms with Crippen LogP contribution in [0.4, 0.5) is 4.79 Å². The van der Waals surface area contributed by atoms with Gasteiger partial charge in [0.05, 0.1) is 31.4 Å². The van der Waals surface area contributed by atoms with E-state index in [0.717, 1.165) is 0 Å². The average molecular weight is 239 g/mol. The van der Waals surface area contributed by atoms with Gasteiger partial charge in [-0.2, -0.15) is 0 Å². The smallest absolute Gasteiger partial charge is 0.407 e. The topological polar surface area (TPSA) is 95.8 Å². The molecule has 0 aliphatic carbocycles. The molecule has 0 radical (unpaired) electrons. The highest BCUT2D eigenvalue weighted by Crippen LogP contribution is 2.35. The molecule has 1 aromatic rings. The standard InChI is InChI=1S/C10H13N3O4/c1-17-9-7(3-11-5-12-9)8-2-6(14)4-13(8)10(15)16/h3,5-6,8,14H,2,4H2,1H3,(H,15,16)/t6-,8?/m1/s1. The molecule has 1 unspecified atom stereocenters. The van der Waals surface area contributed by atoms with Crippen molar-refractivity contribution in [2.24, 2.45) is 0 Å². The largest absolute Gasteiger partial charge is 0.481 e. The van der Waals surface area contributed by atoms with Crippen LogP contribution < -0.4 is 4.74 Å². The van der Waals surface area contributed by atoms with Crippen LogP contribution in [0.1, 0.15) is 18.0 Å². The number of likely N-dealkylation sites (tertiary alicyclic amines) is 1. The number of carboxylic acid groups (broad SMARTS) is 1. The Bertz CT molecular complexity index is 426. The zero-order valence-electron chi connectivity index (χ0n) is 9.28. The highest BCUT2D eigenvalue weighted by Gasteiger charge is 2.37. The first-order valence-electron chi connectivity index (χ1n) is 5.15. The minimum atomic E-state index is -1.07. The second-order valence-corrected chi connectivity index (χ2v) is 3.83. The van der Waals surface area contributed by atoms with Gasteiger partial charge in [-0.3, -0.25) is 4.90 Å². The quantitative estimate of drug-likeness (QED) is 0.769. The molecule has 1 aromatic heterocycles. The van der Waals surface area contributed by atoms with Gasteiger partial charge in [0.2, 0.25) is 5.88 Å².